The van der Waals surface area contributed by atoms with Crippen LogP contribution in [0.4, 0.5) is 0 Å². The second kappa shape index (κ2) is 7.60. The van der Waals surface area contributed by atoms with Crippen LogP contribution in [-0.2, 0) is 29.1 Å². The van der Waals surface area contributed by atoms with Gasteiger partial charge in [0.15, 0.2) is 5.75 Å². The number of carbonyl (C=O) groups is 1. The minimum atomic E-state index is -0.767. The van der Waals surface area contributed by atoms with Gasteiger partial charge in [0, 0.05) is 12.6 Å². The van der Waals surface area contributed by atoms with E-state index >= 15 is 0 Å². The molecule has 2 aromatic rings. The summed E-state index contributed by atoms with van der Waals surface area (Å²) in [6, 6.07) is 9.92. The molecule has 23 heavy (non-hydrogen) atoms. The highest BCUT2D eigenvalue weighted by Gasteiger charge is 2.16. The molecule has 0 bridgehead atoms. The van der Waals surface area contributed by atoms with E-state index in [1.54, 1.807) is 4.57 Å². The maximum Gasteiger partial charge on any atom is 0.323 e. The number of pyridine rings is 1. The van der Waals surface area contributed by atoms with Crippen LogP contribution in [-0.4, -0.2) is 21.7 Å². The van der Waals surface area contributed by atoms with Gasteiger partial charge in [-0.25, -0.2) is 0 Å². The van der Waals surface area contributed by atoms with E-state index < -0.39 is 17.4 Å². The number of nitrogens with zero attached hydrogens (tertiary/aromatic N) is 1. The van der Waals surface area contributed by atoms with Crippen molar-refractivity contribution in [3.05, 3.63) is 64.1 Å². The van der Waals surface area contributed by atoms with Crippen LogP contribution in [0.3, 0.4) is 0 Å². The number of nitrogens with two attached hydrogens (primary N) is 1. The van der Waals surface area contributed by atoms with Crippen molar-refractivity contribution in [2.75, 3.05) is 0 Å². The molecule has 122 valence electrons. The lowest BCUT2D eigenvalue weighted by atomic mass is 10.1. The first-order valence-corrected chi connectivity index (χ1v) is 7.39. The lowest BCUT2D eigenvalue weighted by molar-refractivity contribution is -0.146. The third-order valence-electron chi connectivity index (χ3n) is 3.50. The summed E-state index contributed by atoms with van der Waals surface area (Å²) in [4.78, 5) is 23.5. The number of benzene rings is 1. The maximum atomic E-state index is 12.0. The number of carbonyl (C=O) groups excluding carboxylic acids is 1. The van der Waals surface area contributed by atoms with E-state index in [0.717, 1.165) is 5.56 Å². The second-order valence-corrected chi connectivity index (χ2v) is 5.20. The molecule has 1 heterocycles. The van der Waals surface area contributed by atoms with Crippen molar-refractivity contribution in [2.45, 2.75) is 32.5 Å². The third-order valence-corrected chi connectivity index (χ3v) is 3.50. The highest BCUT2D eigenvalue weighted by Crippen LogP contribution is 2.08. The van der Waals surface area contributed by atoms with Gasteiger partial charge in [0.05, 0.1) is 11.9 Å². The molecule has 1 atom stereocenters. The van der Waals surface area contributed by atoms with E-state index in [-0.39, 0.29) is 12.4 Å². The van der Waals surface area contributed by atoms with E-state index in [0.29, 0.717) is 18.7 Å². The van der Waals surface area contributed by atoms with E-state index in [2.05, 4.69) is 0 Å². The topological polar surface area (TPSA) is 94.5 Å². The average Bonchev–Trinajstić information content (AvgIpc) is 2.56. The zero-order chi connectivity index (χ0) is 16.8. The number of rotatable bonds is 6. The van der Waals surface area contributed by atoms with Gasteiger partial charge in [-0.05, 0) is 18.9 Å². The van der Waals surface area contributed by atoms with Crippen molar-refractivity contribution < 1.29 is 14.6 Å². The Labute approximate surface area is 134 Å². The molecule has 0 amide bonds. The summed E-state index contributed by atoms with van der Waals surface area (Å²) in [5.74, 6) is -0.861. The monoisotopic (exact) mass is 316 g/mol. The standard InChI is InChI=1S/C17H20N2O4/c1-2-19-10-16(21)15(20)9-13(19)11-23-17(22)14(18)8-12-6-4-3-5-7-12/h3-7,9-10,14,21H,2,8,11,18H2,1H3/t14-/m0/s1. The lowest BCUT2D eigenvalue weighted by Crippen LogP contribution is -2.34. The van der Waals surface area contributed by atoms with Gasteiger partial charge in [0.25, 0.3) is 0 Å². The summed E-state index contributed by atoms with van der Waals surface area (Å²) in [7, 11) is 0. The van der Waals surface area contributed by atoms with Crippen LogP contribution >= 0.6 is 0 Å². The summed E-state index contributed by atoms with van der Waals surface area (Å²) in [6.45, 7) is 2.33. The highest BCUT2D eigenvalue weighted by atomic mass is 16.5. The highest BCUT2D eigenvalue weighted by molar-refractivity contribution is 5.75. The molecule has 0 spiro atoms. The van der Waals surface area contributed by atoms with Crippen LogP contribution < -0.4 is 11.2 Å². The van der Waals surface area contributed by atoms with Gasteiger partial charge in [0.2, 0.25) is 5.43 Å². The fourth-order valence-electron chi connectivity index (χ4n) is 2.22. The largest absolute Gasteiger partial charge is 0.503 e. The van der Waals surface area contributed by atoms with E-state index in [1.165, 1.54) is 12.3 Å². The number of ether oxygens (including phenoxy) is 1. The molecule has 1 aromatic carbocycles. The van der Waals surface area contributed by atoms with E-state index in [4.69, 9.17) is 10.5 Å². The number of esters is 1. The first-order valence-electron chi connectivity index (χ1n) is 7.39. The molecule has 6 nitrogen and oxygen atoms in total. The fraction of sp³-hybridized carbons (Fsp3) is 0.294. The molecule has 0 saturated heterocycles. The molecule has 2 rings (SSSR count). The quantitative estimate of drug-likeness (QED) is 0.781. The molecule has 0 saturated carbocycles. The molecule has 0 aliphatic carbocycles. The summed E-state index contributed by atoms with van der Waals surface area (Å²) in [6.07, 6.45) is 1.71. The zero-order valence-electron chi connectivity index (χ0n) is 12.9. The minimum absolute atomic E-state index is 0.0648. The predicted molar refractivity (Wildman–Crippen MR) is 86.0 cm³/mol. The summed E-state index contributed by atoms with van der Waals surface area (Å²) in [5, 5.41) is 9.42. The Kier molecular flexibility index (Phi) is 5.54. The molecule has 3 N–H and O–H groups in total. The lowest BCUT2D eigenvalue weighted by Gasteiger charge is -2.14. The molecular formula is C17H20N2O4. The summed E-state index contributed by atoms with van der Waals surface area (Å²) in [5.41, 5.74) is 6.81. The number of aromatic nitrogens is 1. The SMILES string of the molecule is CCn1cc(O)c(=O)cc1COC(=O)[C@@H](N)Cc1ccccc1. The van der Waals surface area contributed by atoms with Crippen LogP contribution in [0.5, 0.6) is 5.75 Å². The van der Waals surface area contributed by atoms with Gasteiger partial charge >= 0.3 is 5.97 Å². The molecule has 0 unspecified atom stereocenters. The van der Waals surface area contributed by atoms with Crippen molar-refractivity contribution in [3.63, 3.8) is 0 Å². The van der Waals surface area contributed by atoms with Crippen molar-refractivity contribution in [1.82, 2.24) is 4.57 Å². The van der Waals surface area contributed by atoms with Gasteiger partial charge in [-0.1, -0.05) is 30.3 Å². The first kappa shape index (κ1) is 16.8. The predicted octanol–water partition coefficient (Wildman–Crippen LogP) is 1.19. The molecule has 0 radical (unpaired) electrons. The number of aryl methyl sites for hydroxylation is 1. The Morgan fingerprint density at radius 1 is 1.35 bits per heavy atom. The van der Waals surface area contributed by atoms with Crippen LogP contribution in [0.1, 0.15) is 18.2 Å². The Morgan fingerprint density at radius 3 is 2.70 bits per heavy atom. The summed E-state index contributed by atoms with van der Waals surface area (Å²) >= 11 is 0. The molecule has 6 heteroatoms. The van der Waals surface area contributed by atoms with Gasteiger partial charge in [0.1, 0.15) is 12.6 Å². The Morgan fingerprint density at radius 2 is 2.04 bits per heavy atom. The van der Waals surface area contributed by atoms with Crippen LogP contribution in [0, 0.1) is 0 Å². The van der Waals surface area contributed by atoms with Crippen LogP contribution in [0.15, 0.2) is 47.4 Å². The Balaban J connectivity index is 1.99. The molecule has 0 aliphatic heterocycles. The first-order chi connectivity index (χ1) is 11.0. The van der Waals surface area contributed by atoms with Crippen molar-refractivity contribution >= 4 is 5.97 Å². The Hall–Kier alpha value is -2.60. The molecule has 0 aliphatic rings. The zero-order valence-corrected chi connectivity index (χ0v) is 12.9. The van der Waals surface area contributed by atoms with Crippen molar-refractivity contribution in [1.29, 1.82) is 0 Å². The Bertz CT molecular complexity index is 725. The number of aromatic hydroxyl groups is 1. The third kappa shape index (κ3) is 4.43. The van der Waals surface area contributed by atoms with Crippen molar-refractivity contribution in [3.8, 4) is 5.75 Å². The fourth-order valence-corrected chi connectivity index (χ4v) is 2.22. The van der Waals surface area contributed by atoms with Gasteiger partial charge in [-0.2, -0.15) is 0 Å². The second-order valence-electron chi connectivity index (χ2n) is 5.20. The van der Waals surface area contributed by atoms with Crippen LogP contribution in [0.2, 0.25) is 0 Å². The normalized spacial score (nSPS) is 11.9. The smallest absolute Gasteiger partial charge is 0.323 e. The molecule has 1 aromatic heterocycles. The van der Waals surface area contributed by atoms with Crippen molar-refractivity contribution in [2.24, 2.45) is 5.73 Å². The van der Waals surface area contributed by atoms with Crippen LogP contribution in [0.25, 0.3) is 0 Å². The maximum absolute atomic E-state index is 12.0. The summed E-state index contributed by atoms with van der Waals surface area (Å²) < 4.78 is 6.84. The van der Waals surface area contributed by atoms with E-state index in [1.807, 2.05) is 37.3 Å². The average molecular weight is 316 g/mol. The van der Waals surface area contributed by atoms with Gasteiger partial charge < -0.3 is 20.1 Å². The number of hydrogen-bond acceptors (Lipinski definition) is 5. The van der Waals surface area contributed by atoms with Gasteiger partial charge in [-0.3, -0.25) is 9.59 Å². The minimum Gasteiger partial charge on any atom is -0.503 e. The number of hydrogen-bond donors (Lipinski definition) is 2. The van der Waals surface area contributed by atoms with Gasteiger partial charge in [-0.15, -0.1) is 0 Å². The molecular weight excluding hydrogens is 296 g/mol. The molecule has 0 fully saturated rings. The van der Waals surface area contributed by atoms with E-state index in [9.17, 15) is 14.7 Å².